The van der Waals surface area contributed by atoms with Crippen LogP contribution >= 0.6 is 11.3 Å². The fraction of sp³-hybridized carbons (Fsp3) is 0.296. The third-order valence-electron chi connectivity index (χ3n) is 5.96. The Labute approximate surface area is 202 Å². The highest BCUT2D eigenvalue weighted by molar-refractivity contribution is 7.10. The summed E-state index contributed by atoms with van der Waals surface area (Å²) in [5.74, 6) is -0.133. The molecule has 4 aromatic rings. The molecule has 2 heterocycles. The molecule has 7 heteroatoms. The van der Waals surface area contributed by atoms with Gasteiger partial charge in [0.15, 0.2) is 0 Å². The van der Waals surface area contributed by atoms with Crippen LogP contribution in [0.5, 0.6) is 0 Å². The van der Waals surface area contributed by atoms with Gasteiger partial charge in [-0.2, -0.15) is 0 Å². The third-order valence-corrected chi connectivity index (χ3v) is 6.95. The van der Waals surface area contributed by atoms with E-state index in [9.17, 15) is 14.4 Å². The third kappa shape index (κ3) is 5.20. The van der Waals surface area contributed by atoms with Crippen LogP contribution in [-0.4, -0.2) is 15.0 Å². The number of thiophene rings is 1. The van der Waals surface area contributed by atoms with Crippen LogP contribution in [0.3, 0.4) is 0 Å². The number of aromatic nitrogens is 2. The molecular formula is C27H29N3O3S. The molecule has 0 radical (unpaired) electrons. The maximum atomic E-state index is 13.1. The monoisotopic (exact) mass is 475 g/mol. The van der Waals surface area contributed by atoms with Gasteiger partial charge in [0.2, 0.25) is 5.91 Å². The lowest BCUT2D eigenvalue weighted by atomic mass is 10.1. The predicted octanol–water partition coefficient (Wildman–Crippen LogP) is 4.63. The number of benzene rings is 2. The van der Waals surface area contributed by atoms with Crippen molar-refractivity contribution in [2.45, 2.75) is 52.2 Å². The summed E-state index contributed by atoms with van der Waals surface area (Å²) in [6, 6.07) is 19.2. The summed E-state index contributed by atoms with van der Waals surface area (Å²) in [6.45, 7) is 4.56. The van der Waals surface area contributed by atoms with Crippen LogP contribution < -0.4 is 16.4 Å². The van der Waals surface area contributed by atoms with Crippen molar-refractivity contribution in [1.82, 2.24) is 14.5 Å². The van der Waals surface area contributed by atoms with E-state index in [0.29, 0.717) is 17.6 Å². The molecule has 1 amide bonds. The first-order chi connectivity index (χ1) is 16.5. The lowest BCUT2D eigenvalue weighted by Gasteiger charge is -2.18. The second-order valence-electron chi connectivity index (χ2n) is 8.50. The van der Waals surface area contributed by atoms with Crippen molar-refractivity contribution in [2.75, 3.05) is 0 Å². The Bertz CT molecular complexity index is 1390. The number of carbonyl (C=O) groups excluding carboxylic acids is 1. The molecule has 1 atom stereocenters. The number of para-hydroxylation sites is 2. The number of hydrogen-bond acceptors (Lipinski definition) is 4. The van der Waals surface area contributed by atoms with Gasteiger partial charge in [0.05, 0.1) is 23.6 Å². The first-order valence-electron chi connectivity index (χ1n) is 11.6. The van der Waals surface area contributed by atoms with Crippen LogP contribution in [0, 0.1) is 6.92 Å². The van der Waals surface area contributed by atoms with Gasteiger partial charge in [-0.3, -0.25) is 19.0 Å². The van der Waals surface area contributed by atoms with E-state index in [-0.39, 0.29) is 24.9 Å². The number of aryl methyl sites for hydroxylation is 2. The maximum absolute atomic E-state index is 13.1. The molecular weight excluding hydrogens is 446 g/mol. The molecule has 0 saturated carbocycles. The summed E-state index contributed by atoms with van der Waals surface area (Å²) in [7, 11) is 0. The van der Waals surface area contributed by atoms with E-state index in [2.05, 4.69) is 12.2 Å². The second kappa shape index (κ2) is 10.7. The molecule has 176 valence electrons. The Morgan fingerprint density at radius 2 is 1.62 bits per heavy atom. The number of rotatable bonds is 9. The van der Waals surface area contributed by atoms with E-state index >= 15 is 0 Å². The van der Waals surface area contributed by atoms with Crippen LogP contribution in [-0.2, 0) is 17.9 Å². The highest BCUT2D eigenvalue weighted by Crippen LogP contribution is 2.23. The summed E-state index contributed by atoms with van der Waals surface area (Å²) in [6.07, 6.45) is 1.92. The highest BCUT2D eigenvalue weighted by atomic mass is 32.1. The summed E-state index contributed by atoms with van der Waals surface area (Å²) >= 11 is 1.62. The Hall–Kier alpha value is -3.45. The molecule has 2 aromatic heterocycles. The van der Waals surface area contributed by atoms with Gasteiger partial charge in [-0.1, -0.05) is 61.4 Å². The Morgan fingerprint density at radius 3 is 2.26 bits per heavy atom. The van der Waals surface area contributed by atoms with E-state index in [1.165, 1.54) is 9.13 Å². The van der Waals surface area contributed by atoms with Crippen molar-refractivity contribution in [3.63, 3.8) is 0 Å². The molecule has 0 saturated heterocycles. The molecule has 0 spiro atoms. The molecule has 0 bridgehead atoms. The maximum Gasteiger partial charge on any atom is 0.317 e. The smallest absolute Gasteiger partial charge is 0.317 e. The minimum absolute atomic E-state index is 0.0338. The molecule has 6 nitrogen and oxygen atoms in total. The molecule has 1 unspecified atom stereocenters. The standard InChI is InChI=1S/C27H29N3O3S/c1-3-7-21(24-10-6-17-34-24)28-25(31)15-16-29-22-8-4-5-9-23(22)30(27(33)26(29)32)18-20-13-11-19(2)12-14-20/h4-6,8-14,17,21H,3,7,15-16,18H2,1-2H3,(H,28,31). The number of nitrogens with zero attached hydrogens (tertiary/aromatic N) is 2. The molecule has 34 heavy (non-hydrogen) atoms. The lowest BCUT2D eigenvalue weighted by molar-refractivity contribution is -0.122. The van der Waals surface area contributed by atoms with Gasteiger partial charge >= 0.3 is 11.1 Å². The molecule has 0 aliphatic heterocycles. The molecule has 0 aliphatic rings. The van der Waals surface area contributed by atoms with E-state index in [0.717, 1.165) is 28.8 Å². The van der Waals surface area contributed by atoms with Gasteiger partial charge in [0.1, 0.15) is 0 Å². The normalized spacial score (nSPS) is 12.1. The van der Waals surface area contributed by atoms with Gasteiger partial charge in [-0.05, 0) is 42.5 Å². The van der Waals surface area contributed by atoms with Crippen LogP contribution in [0.25, 0.3) is 11.0 Å². The zero-order chi connectivity index (χ0) is 24.1. The average molecular weight is 476 g/mol. The van der Waals surface area contributed by atoms with E-state index in [1.807, 2.05) is 73.0 Å². The van der Waals surface area contributed by atoms with Crippen LogP contribution in [0.2, 0.25) is 0 Å². The zero-order valence-electron chi connectivity index (χ0n) is 19.5. The van der Waals surface area contributed by atoms with Crippen LogP contribution in [0.1, 0.15) is 48.2 Å². The number of amides is 1. The van der Waals surface area contributed by atoms with E-state index in [4.69, 9.17) is 0 Å². The van der Waals surface area contributed by atoms with Crippen molar-refractivity contribution in [1.29, 1.82) is 0 Å². The fourth-order valence-electron chi connectivity index (χ4n) is 4.17. The molecule has 1 N–H and O–H groups in total. The zero-order valence-corrected chi connectivity index (χ0v) is 20.3. The molecule has 2 aromatic carbocycles. The van der Waals surface area contributed by atoms with E-state index in [1.54, 1.807) is 11.3 Å². The van der Waals surface area contributed by atoms with Crippen LogP contribution in [0.15, 0.2) is 75.6 Å². The van der Waals surface area contributed by atoms with Crippen molar-refractivity contribution in [2.24, 2.45) is 0 Å². The van der Waals surface area contributed by atoms with Crippen molar-refractivity contribution >= 4 is 28.3 Å². The van der Waals surface area contributed by atoms with Crippen molar-refractivity contribution < 1.29 is 4.79 Å². The SMILES string of the molecule is CCCC(NC(=O)CCn1c(=O)c(=O)n(Cc2ccc(C)cc2)c2ccccc21)c1cccs1. The Morgan fingerprint density at radius 1 is 0.941 bits per heavy atom. The molecule has 0 aliphatic carbocycles. The topological polar surface area (TPSA) is 73.1 Å². The largest absolute Gasteiger partial charge is 0.348 e. The summed E-state index contributed by atoms with van der Waals surface area (Å²) in [4.78, 5) is 40.0. The number of hydrogen-bond donors (Lipinski definition) is 1. The van der Waals surface area contributed by atoms with Gasteiger partial charge in [0.25, 0.3) is 0 Å². The van der Waals surface area contributed by atoms with E-state index < -0.39 is 11.1 Å². The Kier molecular flexibility index (Phi) is 7.43. The van der Waals surface area contributed by atoms with Crippen LogP contribution in [0.4, 0.5) is 0 Å². The predicted molar refractivity (Wildman–Crippen MR) is 137 cm³/mol. The lowest BCUT2D eigenvalue weighted by Crippen LogP contribution is -2.42. The van der Waals surface area contributed by atoms with Gasteiger partial charge in [-0.25, -0.2) is 0 Å². The minimum atomic E-state index is -0.609. The number of fused-ring (bicyclic) bond motifs is 1. The second-order valence-corrected chi connectivity index (χ2v) is 9.48. The van der Waals surface area contributed by atoms with Gasteiger partial charge in [0, 0.05) is 17.8 Å². The minimum Gasteiger partial charge on any atom is -0.348 e. The number of carbonyl (C=O) groups is 1. The quantitative estimate of drug-likeness (QED) is 0.359. The summed E-state index contributed by atoms with van der Waals surface area (Å²) in [5, 5.41) is 5.10. The fourth-order valence-corrected chi connectivity index (χ4v) is 4.98. The van der Waals surface area contributed by atoms with Gasteiger partial charge < -0.3 is 9.88 Å². The summed E-state index contributed by atoms with van der Waals surface area (Å²) in [5.41, 5.74) is 2.22. The molecule has 4 rings (SSSR count). The number of nitrogens with one attached hydrogen (secondary N) is 1. The Balaban J connectivity index is 1.59. The highest BCUT2D eigenvalue weighted by Gasteiger charge is 2.17. The first-order valence-corrected chi connectivity index (χ1v) is 12.5. The summed E-state index contributed by atoms with van der Waals surface area (Å²) < 4.78 is 2.95. The van der Waals surface area contributed by atoms with Gasteiger partial charge in [-0.15, -0.1) is 11.3 Å². The first kappa shape index (κ1) is 23.7. The van der Waals surface area contributed by atoms with Crippen molar-refractivity contribution in [3.05, 3.63) is 103 Å². The molecule has 0 fully saturated rings. The average Bonchev–Trinajstić information content (AvgIpc) is 3.38. The van der Waals surface area contributed by atoms with Crippen molar-refractivity contribution in [3.8, 4) is 0 Å².